The van der Waals surface area contributed by atoms with Crippen LogP contribution in [0, 0.1) is 0 Å². The van der Waals surface area contributed by atoms with E-state index in [1.165, 1.54) is 0 Å². The Bertz CT molecular complexity index is 1380. The molecule has 1 saturated heterocycles. The first-order valence-corrected chi connectivity index (χ1v) is 12.8. The normalized spacial score (nSPS) is 15.8. The Morgan fingerprint density at radius 3 is 2.58 bits per heavy atom. The summed E-state index contributed by atoms with van der Waals surface area (Å²) in [5, 5.41) is 11.7. The average molecular weight is 513 g/mol. The molecular weight excluding hydrogens is 480 g/mol. The zero-order valence-corrected chi connectivity index (χ0v) is 21.6. The van der Waals surface area contributed by atoms with Gasteiger partial charge in [-0.1, -0.05) is 24.3 Å². The fourth-order valence-corrected chi connectivity index (χ4v) is 4.40. The molecule has 1 aliphatic heterocycles. The van der Waals surface area contributed by atoms with Gasteiger partial charge in [0, 0.05) is 44.0 Å². The lowest BCUT2D eigenvalue weighted by molar-refractivity contribution is -0.127. The number of nitrogens with one attached hydrogen (secondary N) is 2. The number of likely N-dealkylation sites (N-methyl/N-ethyl adjacent to an activating group) is 1. The van der Waals surface area contributed by atoms with Crippen LogP contribution in [0.1, 0.15) is 12.8 Å². The maximum Gasteiger partial charge on any atom is 0.246 e. The molecule has 9 nitrogen and oxygen atoms in total. The number of para-hydroxylation sites is 1. The molecular formula is C29H32N6O3. The molecule has 1 aliphatic rings. The lowest BCUT2D eigenvalue weighted by Gasteiger charge is -2.32. The van der Waals surface area contributed by atoms with E-state index in [1.807, 2.05) is 90.6 Å². The number of fused-ring (bicyclic) bond motifs is 1. The van der Waals surface area contributed by atoms with Crippen LogP contribution in [0.3, 0.4) is 0 Å². The highest BCUT2D eigenvalue weighted by atomic mass is 16.5. The first-order valence-electron chi connectivity index (χ1n) is 12.8. The lowest BCUT2D eigenvalue weighted by Crippen LogP contribution is -2.44. The van der Waals surface area contributed by atoms with Crippen molar-refractivity contribution in [2.45, 2.75) is 18.9 Å². The molecule has 0 saturated carbocycles. The lowest BCUT2D eigenvalue weighted by atomic mass is 10.1. The predicted molar refractivity (Wildman–Crippen MR) is 148 cm³/mol. The van der Waals surface area contributed by atoms with Gasteiger partial charge in [0.15, 0.2) is 11.5 Å². The number of piperidine rings is 1. The highest BCUT2D eigenvalue weighted by Crippen LogP contribution is 2.34. The number of carbonyl (C=O) groups excluding carboxylic acids is 1. The van der Waals surface area contributed by atoms with E-state index in [0.29, 0.717) is 29.5 Å². The number of pyridine rings is 1. The third-order valence-corrected chi connectivity index (χ3v) is 6.26. The van der Waals surface area contributed by atoms with Gasteiger partial charge in [0.2, 0.25) is 5.91 Å². The quantitative estimate of drug-likeness (QED) is 0.303. The van der Waals surface area contributed by atoms with Crippen molar-refractivity contribution in [2.24, 2.45) is 0 Å². The number of ether oxygens (including phenoxy) is 2. The number of aromatic amines is 1. The number of H-pyrrole nitrogens is 1. The summed E-state index contributed by atoms with van der Waals surface area (Å²) in [5.41, 5.74) is 0.629. The average Bonchev–Trinajstić information content (AvgIpc) is 3.34. The molecule has 9 heteroatoms. The third-order valence-electron chi connectivity index (χ3n) is 6.26. The van der Waals surface area contributed by atoms with Crippen molar-refractivity contribution in [3.05, 3.63) is 79.0 Å². The van der Waals surface area contributed by atoms with Crippen molar-refractivity contribution in [1.29, 1.82) is 0 Å². The number of nitrogens with zero attached hydrogens (tertiary/aromatic N) is 4. The standard InChI is InChI=1S/C29H32N6O3/c1-34(2)18-7-11-26(36)35-19-6-8-21(20-35)31-29-27-25(16-17-30-28(27)32-33-29)38-24-14-12-23(13-15-24)37-22-9-4-3-5-10-22/h3-5,7,9-17,21H,6,8,18-20H2,1-2H3,(H2,30,31,32,33)/b11-7+. The van der Waals surface area contributed by atoms with Gasteiger partial charge in [0.05, 0.1) is 0 Å². The van der Waals surface area contributed by atoms with Gasteiger partial charge < -0.3 is 24.6 Å². The minimum atomic E-state index is 0.0376. The fourth-order valence-electron chi connectivity index (χ4n) is 4.40. The van der Waals surface area contributed by atoms with Gasteiger partial charge >= 0.3 is 0 Å². The number of anilines is 1. The zero-order chi connectivity index (χ0) is 26.3. The van der Waals surface area contributed by atoms with Crippen molar-refractivity contribution in [2.75, 3.05) is 39.0 Å². The van der Waals surface area contributed by atoms with E-state index in [-0.39, 0.29) is 11.9 Å². The third kappa shape index (κ3) is 6.30. The minimum absolute atomic E-state index is 0.0376. The minimum Gasteiger partial charge on any atom is -0.457 e. The topological polar surface area (TPSA) is 95.6 Å². The van der Waals surface area contributed by atoms with Crippen LogP contribution in [0.2, 0.25) is 0 Å². The Balaban J connectivity index is 1.27. The van der Waals surface area contributed by atoms with Crippen LogP contribution in [0.25, 0.3) is 11.0 Å². The molecule has 1 unspecified atom stereocenters. The molecule has 5 rings (SSSR count). The van der Waals surface area contributed by atoms with Crippen LogP contribution in [0.4, 0.5) is 5.82 Å². The van der Waals surface area contributed by atoms with E-state index in [0.717, 1.165) is 42.8 Å². The van der Waals surface area contributed by atoms with E-state index >= 15 is 0 Å². The Kier molecular flexibility index (Phi) is 7.84. The summed E-state index contributed by atoms with van der Waals surface area (Å²) in [6.45, 7) is 2.10. The Labute approximate surface area is 222 Å². The molecule has 1 atom stereocenters. The van der Waals surface area contributed by atoms with Crippen LogP contribution in [-0.2, 0) is 4.79 Å². The molecule has 4 aromatic rings. The van der Waals surface area contributed by atoms with Crippen molar-refractivity contribution < 1.29 is 14.3 Å². The molecule has 1 amide bonds. The number of hydrogen-bond donors (Lipinski definition) is 2. The highest BCUT2D eigenvalue weighted by Gasteiger charge is 2.24. The summed E-state index contributed by atoms with van der Waals surface area (Å²) in [6.07, 6.45) is 7.12. The van der Waals surface area contributed by atoms with Crippen molar-refractivity contribution in [1.82, 2.24) is 25.0 Å². The van der Waals surface area contributed by atoms with Gasteiger partial charge in [-0.05, 0) is 63.3 Å². The molecule has 1 fully saturated rings. The van der Waals surface area contributed by atoms with Gasteiger partial charge in [-0.25, -0.2) is 4.98 Å². The van der Waals surface area contributed by atoms with Crippen molar-refractivity contribution >= 4 is 22.8 Å². The van der Waals surface area contributed by atoms with E-state index in [4.69, 9.17) is 9.47 Å². The maximum atomic E-state index is 12.7. The summed E-state index contributed by atoms with van der Waals surface area (Å²) >= 11 is 0. The summed E-state index contributed by atoms with van der Waals surface area (Å²) < 4.78 is 12.1. The maximum absolute atomic E-state index is 12.7. The number of likely N-dealkylation sites (tertiary alicyclic amines) is 1. The SMILES string of the molecule is CN(C)C/C=C/C(=O)N1CCCC(Nc2n[nH]c3nccc(Oc4ccc(Oc5ccccc5)cc4)c23)C1. The van der Waals surface area contributed by atoms with E-state index in [1.54, 1.807) is 12.3 Å². The van der Waals surface area contributed by atoms with Crippen molar-refractivity contribution in [3.63, 3.8) is 0 Å². The number of hydrogen-bond acceptors (Lipinski definition) is 7. The number of benzene rings is 2. The van der Waals surface area contributed by atoms with Crippen LogP contribution in [-0.4, -0.2) is 70.7 Å². The summed E-state index contributed by atoms with van der Waals surface area (Å²) in [4.78, 5) is 21.0. The molecule has 2 aromatic heterocycles. The molecule has 0 spiro atoms. The van der Waals surface area contributed by atoms with Gasteiger partial charge in [-0.3, -0.25) is 9.89 Å². The summed E-state index contributed by atoms with van der Waals surface area (Å²) in [6, 6.07) is 19.0. The van der Waals surface area contributed by atoms with E-state index < -0.39 is 0 Å². The number of aromatic nitrogens is 3. The predicted octanol–water partition coefficient (Wildman–Crippen LogP) is 5.06. The second kappa shape index (κ2) is 11.8. The molecule has 38 heavy (non-hydrogen) atoms. The number of carbonyl (C=O) groups is 1. The molecule has 3 heterocycles. The monoisotopic (exact) mass is 512 g/mol. The molecule has 2 aromatic carbocycles. The van der Waals surface area contributed by atoms with E-state index in [9.17, 15) is 4.79 Å². The Hall–Kier alpha value is -4.37. The Morgan fingerprint density at radius 1 is 1.08 bits per heavy atom. The number of amides is 1. The first kappa shape index (κ1) is 25.3. The molecule has 0 radical (unpaired) electrons. The molecule has 0 aliphatic carbocycles. The largest absolute Gasteiger partial charge is 0.457 e. The first-order chi connectivity index (χ1) is 18.5. The second-order valence-corrected chi connectivity index (χ2v) is 9.53. The summed E-state index contributed by atoms with van der Waals surface area (Å²) in [5.74, 6) is 3.51. The van der Waals surface area contributed by atoms with Crippen molar-refractivity contribution in [3.8, 4) is 23.0 Å². The smallest absolute Gasteiger partial charge is 0.246 e. The molecule has 0 bridgehead atoms. The Morgan fingerprint density at radius 2 is 1.82 bits per heavy atom. The van der Waals surface area contributed by atoms with Gasteiger partial charge in [0.25, 0.3) is 0 Å². The fraction of sp³-hybridized carbons (Fsp3) is 0.276. The van der Waals surface area contributed by atoms with Crippen LogP contribution >= 0.6 is 0 Å². The van der Waals surface area contributed by atoms with Crippen LogP contribution < -0.4 is 14.8 Å². The van der Waals surface area contributed by atoms with E-state index in [2.05, 4.69) is 20.5 Å². The summed E-state index contributed by atoms with van der Waals surface area (Å²) in [7, 11) is 3.96. The number of rotatable bonds is 9. The van der Waals surface area contributed by atoms with Gasteiger partial charge in [-0.15, -0.1) is 0 Å². The van der Waals surface area contributed by atoms with Crippen LogP contribution in [0.15, 0.2) is 79.0 Å². The second-order valence-electron chi connectivity index (χ2n) is 9.53. The molecule has 2 N–H and O–H groups in total. The molecule has 196 valence electrons. The highest BCUT2D eigenvalue weighted by molar-refractivity contribution is 5.93. The van der Waals surface area contributed by atoms with Gasteiger partial charge in [0.1, 0.15) is 28.4 Å². The van der Waals surface area contributed by atoms with Gasteiger partial charge in [-0.2, -0.15) is 5.10 Å². The zero-order valence-electron chi connectivity index (χ0n) is 21.6. The van der Waals surface area contributed by atoms with Crippen LogP contribution in [0.5, 0.6) is 23.0 Å².